The third-order valence-corrected chi connectivity index (χ3v) is 4.56. The van der Waals surface area contributed by atoms with Gasteiger partial charge in [0.2, 0.25) is 5.91 Å². The minimum absolute atomic E-state index is 0.104. The number of nitrogens with one attached hydrogen (secondary N) is 2. The van der Waals surface area contributed by atoms with Crippen LogP contribution in [0.2, 0.25) is 0 Å². The van der Waals surface area contributed by atoms with Crippen LogP contribution in [0.1, 0.15) is 17.5 Å². The highest BCUT2D eigenvalue weighted by molar-refractivity contribution is 7.80. The Balaban J connectivity index is 1.38. The highest BCUT2D eigenvalue weighted by atomic mass is 32.1. The summed E-state index contributed by atoms with van der Waals surface area (Å²) in [7, 11) is 0. The van der Waals surface area contributed by atoms with Gasteiger partial charge >= 0.3 is 0 Å². The van der Waals surface area contributed by atoms with Crippen LogP contribution in [0, 0.1) is 0 Å². The van der Waals surface area contributed by atoms with E-state index in [9.17, 15) is 4.79 Å². The molecule has 0 radical (unpaired) electrons. The van der Waals surface area contributed by atoms with Crippen molar-refractivity contribution in [2.45, 2.75) is 19.3 Å². The van der Waals surface area contributed by atoms with Crippen molar-refractivity contribution < 1.29 is 9.53 Å². The van der Waals surface area contributed by atoms with E-state index >= 15 is 0 Å². The van der Waals surface area contributed by atoms with E-state index in [0.29, 0.717) is 24.6 Å². The maximum atomic E-state index is 12.0. The lowest BCUT2D eigenvalue weighted by atomic mass is 10.1. The normalized spacial score (nSPS) is 10.2. The molecule has 29 heavy (non-hydrogen) atoms. The van der Waals surface area contributed by atoms with E-state index in [2.05, 4.69) is 22.8 Å². The summed E-state index contributed by atoms with van der Waals surface area (Å²) < 4.78 is 5.78. The summed E-state index contributed by atoms with van der Waals surface area (Å²) in [6, 6.07) is 27.7. The molecular weight excluding hydrogens is 380 g/mol. The van der Waals surface area contributed by atoms with E-state index in [-0.39, 0.29) is 5.91 Å². The van der Waals surface area contributed by atoms with E-state index < -0.39 is 0 Å². The van der Waals surface area contributed by atoms with Gasteiger partial charge in [0.25, 0.3) is 0 Å². The average molecular weight is 405 g/mol. The number of benzene rings is 3. The maximum absolute atomic E-state index is 12.0. The van der Waals surface area contributed by atoms with Gasteiger partial charge in [-0.1, -0.05) is 60.7 Å². The smallest absolute Gasteiger partial charge is 0.226 e. The Morgan fingerprint density at radius 1 is 0.793 bits per heavy atom. The Kier molecular flexibility index (Phi) is 7.78. The molecule has 3 rings (SSSR count). The zero-order valence-corrected chi connectivity index (χ0v) is 17.0. The molecule has 1 amide bonds. The molecule has 0 aliphatic heterocycles. The molecule has 4 nitrogen and oxygen atoms in total. The fraction of sp³-hybridized carbons (Fsp3) is 0.167. The zero-order chi connectivity index (χ0) is 20.3. The molecule has 0 spiro atoms. The Labute approximate surface area is 176 Å². The molecule has 0 aliphatic rings. The van der Waals surface area contributed by atoms with Crippen molar-refractivity contribution in [2.24, 2.45) is 0 Å². The van der Waals surface area contributed by atoms with Crippen LogP contribution in [0.3, 0.4) is 0 Å². The molecule has 0 bridgehead atoms. The molecule has 0 atom stereocenters. The molecule has 5 heteroatoms. The summed E-state index contributed by atoms with van der Waals surface area (Å²) in [5.41, 5.74) is 3.18. The van der Waals surface area contributed by atoms with Gasteiger partial charge in [0.05, 0.1) is 6.61 Å². The van der Waals surface area contributed by atoms with E-state index in [1.165, 1.54) is 5.56 Å². The highest BCUT2D eigenvalue weighted by Gasteiger charge is 2.06. The number of anilines is 1. The average Bonchev–Trinajstić information content (AvgIpc) is 2.75. The van der Waals surface area contributed by atoms with Crippen LogP contribution < -0.4 is 15.4 Å². The van der Waals surface area contributed by atoms with Gasteiger partial charge in [0.1, 0.15) is 5.75 Å². The van der Waals surface area contributed by atoms with Crippen molar-refractivity contribution in [3.8, 4) is 5.75 Å². The van der Waals surface area contributed by atoms with E-state index in [0.717, 1.165) is 23.4 Å². The Bertz CT molecular complexity index is 913. The largest absolute Gasteiger partial charge is 0.493 e. The van der Waals surface area contributed by atoms with Gasteiger partial charge in [-0.2, -0.15) is 0 Å². The first-order valence-corrected chi connectivity index (χ1v) is 10.0. The second-order valence-corrected chi connectivity index (χ2v) is 7.00. The summed E-state index contributed by atoms with van der Waals surface area (Å²) in [4.78, 5) is 12.0. The molecule has 0 aliphatic carbocycles. The number of carbonyl (C=O) groups is 1. The van der Waals surface area contributed by atoms with Crippen molar-refractivity contribution in [1.82, 2.24) is 5.32 Å². The standard InChI is InChI=1S/C24H24N2O2S/c27-23(16-11-19-7-3-1-4-8-19)26-24(29)25-21-12-14-22(15-13-21)28-18-17-20-9-5-2-6-10-20/h1-10,12-15H,11,16-18H2,(H2,25,26,27,29). The number of thiocarbonyl (C=S) groups is 1. The lowest BCUT2D eigenvalue weighted by Gasteiger charge is -2.11. The third-order valence-electron chi connectivity index (χ3n) is 4.35. The number of aryl methyl sites for hydroxylation is 1. The van der Waals surface area contributed by atoms with Gasteiger partial charge in [0.15, 0.2) is 5.11 Å². The SMILES string of the molecule is O=C(CCc1ccccc1)NC(=S)Nc1ccc(OCCc2ccccc2)cc1. The first kappa shape index (κ1) is 20.6. The fourth-order valence-corrected chi connectivity index (χ4v) is 3.05. The second kappa shape index (κ2) is 11.0. The fourth-order valence-electron chi connectivity index (χ4n) is 2.82. The van der Waals surface area contributed by atoms with Crippen LogP contribution in [-0.4, -0.2) is 17.6 Å². The molecule has 0 saturated carbocycles. The number of ether oxygens (including phenoxy) is 1. The number of hydrogen-bond acceptors (Lipinski definition) is 3. The van der Waals surface area contributed by atoms with Crippen LogP contribution >= 0.6 is 12.2 Å². The molecule has 2 N–H and O–H groups in total. The minimum atomic E-state index is -0.104. The molecular formula is C24H24N2O2S. The van der Waals surface area contributed by atoms with Gasteiger partial charge in [-0.25, -0.2) is 0 Å². The minimum Gasteiger partial charge on any atom is -0.493 e. The molecule has 3 aromatic rings. The predicted octanol–water partition coefficient (Wildman–Crippen LogP) is 4.75. The van der Waals surface area contributed by atoms with Crippen molar-refractivity contribution >= 4 is 28.9 Å². The topological polar surface area (TPSA) is 50.4 Å². The van der Waals surface area contributed by atoms with Crippen molar-refractivity contribution in [3.05, 3.63) is 96.1 Å². The molecule has 3 aromatic carbocycles. The molecule has 148 valence electrons. The van der Waals surface area contributed by atoms with Crippen LogP contribution in [0.25, 0.3) is 0 Å². The lowest BCUT2D eigenvalue weighted by molar-refractivity contribution is -0.119. The number of hydrogen-bond donors (Lipinski definition) is 2. The Morgan fingerprint density at radius 3 is 2.00 bits per heavy atom. The molecule has 0 aromatic heterocycles. The highest BCUT2D eigenvalue weighted by Crippen LogP contribution is 2.16. The van der Waals surface area contributed by atoms with E-state index in [1.54, 1.807) is 0 Å². The summed E-state index contributed by atoms with van der Waals surface area (Å²) >= 11 is 5.23. The number of amides is 1. The molecule has 0 fully saturated rings. The van der Waals surface area contributed by atoms with Gasteiger partial charge in [-0.15, -0.1) is 0 Å². The van der Waals surface area contributed by atoms with Crippen molar-refractivity contribution in [3.63, 3.8) is 0 Å². The van der Waals surface area contributed by atoms with Crippen LogP contribution in [-0.2, 0) is 17.6 Å². The predicted molar refractivity (Wildman–Crippen MR) is 121 cm³/mol. The van der Waals surface area contributed by atoms with Gasteiger partial charge < -0.3 is 15.4 Å². The molecule has 0 saturated heterocycles. The summed E-state index contributed by atoms with van der Waals surface area (Å²) in [6.45, 7) is 0.618. The van der Waals surface area contributed by atoms with Gasteiger partial charge in [-0.3, -0.25) is 4.79 Å². The zero-order valence-electron chi connectivity index (χ0n) is 16.1. The molecule has 0 unspecified atom stereocenters. The third kappa shape index (κ3) is 7.39. The number of carbonyl (C=O) groups excluding carboxylic acids is 1. The summed E-state index contributed by atoms with van der Waals surface area (Å²) in [5.74, 6) is 0.691. The van der Waals surface area contributed by atoms with E-state index in [4.69, 9.17) is 17.0 Å². The monoisotopic (exact) mass is 404 g/mol. The van der Waals surface area contributed by atoms with Gasteiger partial charge in [-0.05, 0) is 54.0 Å². The summed E-state index contributed by atoms with van der Waals surface area (Å²) in [6.07, 6.45) is 1.93. The maximum Gasteiger partial charge on any atom is 0.226 e. The first-order chi connectivity index (χ1) is 14.2. The first-order valence-electron chi connectivity index (χ1n) is 9.60. The quantitative estimate of drug-likeness (QED) is 0.532. The van der Waals surface area contributed by atoms with Crippen molar-refractivity contribution in [2.75, 3.05) is 11.9 Å². The second-order valence-electron chi connectivity index (χ2n) is 6.60. The van der Waals surface area contributed by atoms with Crippen LogP contribution in [0.4, 0.5) is 5.69 Å². The summed E-state index contributed by atoms with van der Waals surface area (Å²) in [5, 5.41) is 6.03. The Morgan fingerprint density at radius 2 is 1.38 bits per heavy atom. The van der Waals surface area contributed by atoms with E-state index in [1.807, 2.05) is 72.8 Å². The van der Waals surface area contributed by atoms with Crippen LogP contribution in [0.15, 0.2) is 84.9 Å². The lowest BCUT2D eigenvalue weighted by Crippen LogP contribution is -2.34. The van der Waals surface area contributed by atoms with Crippen LogP contribution in [0.5, 0.6) is 5.75 Å². The van der Waals surface area contributed by atoms with Crippen molar-refractivity contribution in [1.29, 1.82) is 0 Å². The Hall–Kier alpha value is -3.18. The number of rotatable bonds is 8. The van der Waals surface area contributed by atoms with Gasteiger partial charge in [0, 0.05) is 18.5 Å². The molecule has 0 heterocycles.